The summed E-state index contributed by atoms with van der Waals surface area (Å²) in [6.45, 7) is 0. The SMILES string of the molecule is Nn1c(SCc2csc(-c3ccsc3)n2)nnc1-c1ccc(F)cc1. The van der Waals surface area contributed by atoms with Gasteiger partial charge in [-0.3, -0.25) is 0 Å². The molecule has 3 heterocycles. The van der Waals surface area contributed by atoms with E-state index in [0.29, 0.717) is 16.7 Å². The first kappa shape index (κ1) is 16.2. The molecule has 5 nitrogen and oxygen atoms in total. The van der Waals surface area contributed by atoms with Crippen molar-refractivity contribution in [2.24, 2.45) is 0 Å². The van der Waals surface area contributed by atoms with Crippen molar-refractivity contribution < 1.29 is 4.39 Å². The Hall–Kier alpha value is -2.23. The minimum Gasteiger partial charge on any atom is -0.335 e. The van der Waals surface area contributed by atoms with E-state index in [1.54, 1.807) is 34.8 Å². The first-order chi connectivity index (χ1) is 12.2. The zero-order valence-corrected chi connectivity index (χ0v) is 15.2. The topological polar surface area (TPSA) is 69.6 Å². The van der Waals surface area contributed by atoms with E-state index < -0.39 is 0 Å². The molecule has 0 atom stereocenters. The van der Waals surface area contributed by atoms with Crippen LogP contribution in [0.25, 0.3) is 22.0 Å². The van der Waals surface area contributed by atoms with Crippen LogP contribution >= 0.6 is 34.4 Å². The summed E-state index contributed by atoms with van der Waals surface area (Å²) in [7, 11) is 0. The molecule has 25 heavy (non-hydrogen) atoms. The maximum Gasteiger partial charge on any atom is 0.210 e. The highest BCUT2D eigenvalue weighted by molar-refractivity contribution is 7.98. The van der Waals surface area contributed by atoms with Crippen LogP contribution in [0.3, 0.4) is 0 Å². The van der Waals surface area contributed by atoms with Gasteiger partial charge in [0.25, 0.3) is 0 Å². The molecule has 126 valence electrons. The zero-order valence-electron chi connectivity index (χ0n) is 12.8. The molecule has 0 unspecified atom stereocenters. The summed E-state index contributed by atoms with van der Waals surface area (Å²) < 4.78 is 14.5. The van der Waals surface area contributed by atoms with Crippen molar-refractivity contribution in [3.8, 4) is 22.0 Å². The molecule has 2 N–H and O–H groups in total. The van der Waals surface area contributed by atoms with Gasteiger partial charge in [-0.2, -0.15) is 11.3 Å². The largest absolute Gasteiger partial charge is 0.335 e. The lowest BCUT2D eigenvalue weighted by Gasteiger charge is -2.03. The van der Waals surface area contributed by atoms with Crippen molar-refractivity contribution in [2.45, 2.75) is 10.9 Å². The summed E-state index contributed by atoms with van der Waals surface area (Å²) in [4.78, 5) is 4.64. The summed E-state index contributed by atoms with van der Waals surface area (Å²) in [6.07, 6.45) is 0. The van der Waals surface area contributed by atoms with Gasteiger partial charge in [-0.15, -0.1) is 21.5 Å². The predicted molar refractivity (Wildman–Crippen MR) is 101 cm³/mol. The average Bonchev–Trinajstić information content (AvgIpc) is 3.35. The van der Waals surface area contributed by atoms with Gasteiger partial charge in [0.15, 0.2) is 5.82 Å². The van der Waals surface area contributed by atoms with Crippen molar-refractivity contribution >= 4 is 34.4 Å². The Morgan fingerprint density at radius 1 is 1.08 bits per heavy atom. The van der Waals surface area contributed by atoms with E-state index in [4.69, 9.17) is 5.84 Å². The van der Waals surface area contributed by atoms with E-state index in [1.165, 1.54) is 28.6 Å². The third-order valence-electron chi connectivity index (χ3n) is 3.44. The Morgan fingerprint density at radius 2 is 1.92 bits per heavy atom. The molecule has 0 fully saturated rings. The lowest BCUT2D eigenvalue weighted by atomic mass is 10.2. The highest BCUT2D eigenvalue weighted by Gasteiger charge is 2.13. The monoisotopic (exact) mass is 389 g/mol. The number of nitrogens with two attached hydrogens (primary N) is 1. The van der Waals surface area contributed by atoms with E-state index in [0.717, 1.165) is 21.8 Å². The van der Waals surface area contributed by atoms with E-state index in [-0.39, 0.29) is 5.82 Å². The molecule has 4 aromatic rings. The van der Waals surface area contributed by atoms with E-state index >= 15 is 0 Å². The number of benzene rings is 1. The molecule has 0 amide bonds. The average molecular weight is 390 g/mol. The molecule has 0 aliphatic heterocycles. The van der Waals surface area contributed by atoms with Crippen molar-refractivity contribution in [1.82, 2.24) is 19.9 Å². The fourth-order valence-electron chi connectivity index (χ4n) is 2.20. The number of thiazole rings is 1. The van der Waals surface area contributed by atoms with E-state index in [2.05, 4.69) is 26.6 Å². The predicted octanol–water partition coefficient (Wildman–Crippen LogP) is 4.28. The summed E-state index contributed by atoms with van der Waals surface area (Å²) in [5, 5.41) is 16.0. The maximum atomic E-state index is 13.0. The number of thioether (sulfide) groups is 1. The Morgan fingerprint density at radius 3 is 2.68 bits per heavy atom. The molecular weight excluding hydrogens is 377 g/mol. The number of hydrogen-bond acceptors (Lipinski definition) is 7. The van der Waals surface area contributed by atoms with Crippen LogP contribution in [0.4, 0.5) is 4.39 Å². The van der Waals surface area contributed by atoms with Gasteiger partial charge in [0, 0.05) is 27.6 Å². The zero-order chi connectivity index (χ0) is 17.2. The van der Waals surface area contributed by atoms with Crippen LogP contribution in [0.1, 0.15) is 5.69 Å². The van der Waals surface area contributed by atoms with Gasteiger partial charge < -0.3 is 5.84 Å². The highest BCUT2D eigenvalue weighted by atomic mass is 32.2. The molecule has 0 bridgehead atoms. The van der Waals surface area contributed by atoms with Crippen LogP contribution in [0, 0.1) is 5.82 Å². The summed E-state index contributed by atoms with van der Waals surface area (Å²) in [5.74, 6) is 6.93. The molecule has 0 saturated carbocycles. The Labute approximate surface area is 155 Å². The minimum absolute atomic E-state index is 0.300. The van der Waals surface area contributed by atoms with Crippen LogP contribution in [0.2, 0.25) is 0 Å². The maximum absolute atomic E-state index is 13.0. The molecule has 0 radical (unpaired) electrons. The number of rotatable bonds is 5. The molecule has 0 aliphatic rings. The number of hydrogen-bond donors (Lipinski definition) is 1. The van der Waals surface area contributed by atoms with Crippen LogP contribution in [-0.4, -0.2) is 19.9 Å². The number of nitrogen functional groups attached to an aromatic ring is 1. The quantitative estimate of drug-likeness (QED) is 0.408. The first-order valence-corrected chi connectivity index (χ1v) is 10.1. The van der Waals surface area contributed by atoms with Crippen LogP contribution in [0.5, 0.6) is 0 Å². The third-order valence-corrected chi connectivity index (χ3v) is 6.04. The van der Waals surface area contributed by atoms with Crippen molar-refractivity contribution in [3.05, 3.63) is 58.0 Å². The highest BCUT2D eigenvalue weighted by Crippen LogP contribution is 2.29. The van der Waals surface area contributed by atoms with E-state index in [1.807, 2.05) is 10.8 Å². The summed E-state index contributed by atoms with van der Waals surface area (Å²) >= 11 is 4.75. The third kappa shape index (κ3) is 3.44. The summed E-state index contributed by atoms with van der Waals surface area (Å²) in [6, 6.07) is 8.07. The van der Waals surface area contributed by atoms with Crippen LogP contribution in [0.15, 0.2) is 51.6 Å². The van der Waals surface area contributed by atoms with Gasteiger partial charge in [0.1, 0.15) is 10.8 Å². The number of thiophene rings is 1. The van der Waals surface area contributed by atoms with Crippen molar-refractivity contribution in [3.63, 3.8) is 0 Å². The Bertz CT molecular complexity index is 976. The molecule has 0 aliphatic carbocycles. The Kier molecular flexibility index (Phi) is 4.51. The van der Waals surface area contributed by atoms with Gasteiger partial charge in [-0.25, -0.2) is 14.1 Å². The second kappa shape index (κ2) is 6.95. The van der Waals surface area contributed by atoms with E-state index in [9.17, 15) is 4.39 Å². The molecular formula is C16H12FN5S3. The molecule has 4 rings (SSSR count). The number of nitrogens with zero attached hydrogens (tertiary/aromatic N) is 4. The fourth-order valence-corrected chi connectivity index (χ4v) is 4.59. The Balaban J connectivity index is 1.48. The lowest BCUT2D eigenvalue weighted by molar-refractivity contribution is 0.628. The standard InChI is InChI=1S/C16H12FN5S3/c17-12-3-1-10(2-4-12)14-20-21-16(22(14)18)25-9-13-8-24-15(19-13)11-5-6-23-7-11/h1-8H,9,18H2. The van der Waals surface area contributed by atoms with Crippen LogP contribution < -0.4 is 5.84 Å². The molecule has 3 aromatic heterocycles. The number of halogens is 1. The molecule has 9 heteroatoms. The van der Waals surface area contributed by atoms with Gasteiger partial charge in [0.2, 0.25) is 5.16 Å². The van der Waals surface area contributed by atoms with Gasteiger partial charge in [-0.05, 0) is 35.7 Å². The van der Waals surface area contributed by atoms with Gasteiger partial charge in [0.05, 0.1) is 5.69 Å². The van der Waals surface area contributed by atoms with Crippen molar-refractivity contribution in [1.29, 1.82) is 0 Å². The number of aromatic nitrogens is 4. The first-order valence-electron chi connectivity index (χ1n) is 7.27. The van der Waals surface area contributed by atoms with Crippen molar-refractivity contribution in [2.75, 3.05) is 5.84 Å². The lowest BCUT2D eigenvalue weighted by Crippen LogP contribution is -2.11. The molecule has 0 saturated heterocycles. The smallest absolute Gasteiger partial charge is 0.210 e. The fraction of sp³-hybridized carbons (Fsp3) is 0.0625. The van der Waals surface area contributed by atoms with Gasteiger partial charge in [-0.1, -0.05) is 11.8 Å². The molecule has 0 spiro atoms. The summed E-state index contributed by atoms with van der Waals surface area (Å²) in [5.41, 5.74) is 2.84. The second-order valence-electron chi connectivity index (χ2n) is 5.13. The second-order valence-corrected chi connectivity index (χ2v) is 7.71. The molecule has 1 aromatic carbocycles. The normalized spacial score (nSPS) is 11.1. The van der Waals surface area contributed by atoms with Crippen LogP contribution in [-0.2, 0) is 5.75 Å². The van der Waals surface area contributed by atoms with Gasteiger partial charge >= 0.3 is 0 Å². The minimum atomic E-state index is -0.300.